The van der Waals surface area contributed by atoms with Crippen molar-refractivity contribution >= 4 is 16.9 Å². The fourth-order valence-electron chi connectivity index (χ4n) is 4.30. The van der Waals surface area contributed by atoms with E-state index in [0.29, 0.717) is 12.3 Å². The molecule has 5 nitrogen and oxygen atoms in total. The number of furan rings is 1. The summed E-state index contributed by atoms with van der Waals surface area (Å²) in [6.07, 6.45) is 11.4. The number of aryl methyl sites for hydroxylation is 2. The van der Waals surface area contributed by atoms with E-state index < -0.39 is 0 Å². The summed E-state index contributed by atoms with van der Waals surface area (Å²) in [5.74, 6) is 2.19. The maximum absolute atomic E-state index is 12.0. The molecule has 1 N–H and O–H groups in total. The molecule has 0 bridgehead atoms. The van der Waals surface area contributed by atoms with Crippen LogP contribution in [-0.2, 0) is 13.0 Å². The van der Waals surface area contributed by atoms with E-state index in [2.05, 4.69) is 28.1 Å². The Morgan fingerprint density at radius 2 is 2.00 bits per heavy atom. The highest BCUT2D eigenvalue weighted by molar-refractivity contribution is 5.91. The number of rotatable bonds is 8. The molecular formula is C23H29N3O2. The topological polar surface area (TPSA) is 60.1 Å². The molecule has 1 amide bonds. The zero-order chi connectivity index (χ0) is 19.2. The zero-order valence-corrected chi connectivity index (χ0v) is 16.4. The van der Waals surface area contributed by atoms with Crippen LogP contribution in [0, 0.1) is 5.92 Å². The minimum atomic E-state index is -0.157. The lowest BCUT2D eigenvalue weighted by Crippen LogP contribution is -2.24. The van der Waals surface area contributed by atoms with Gasteiger partial charge in [-0.15, -0.1) is 0 Å². The third-order valence-corrected chi connectivity index (χ3v) is 5.83. The second kappa shape index (κ2) is 9.09. The summed E-state index contributed by atoms with van der Waals surface area (Å²) in [6.45, 7) is 1.66. The molecule has 1 aliphatic carbocycles. The van der Waals surface area contributed by atoms with Crippen molar-refractivity contribution in [3.8, 4) is 0 Å². The first-order valence-electron chi connectivity index (χ1n) is 10.6. The van der Waals surface area contributed by atoms with Crippen LogP contribution in [0.3, 0.4) is 0 Å². The lowest BCUT2D eigenvalue weighted by molar-refractivity contribution is 0.0925. The number of benzene rings is 1. The van der Waals surface area contributed by atoms with E-state index in [1.807, 2.05) is 6.07 Å². The molecule has 148 valence electrons. The van der Waals surface area contributed by atoms with Gasteiger partial charge in [0.25, 0.3) is 5.91 Å². The van der Waals surface area contributed by atoms with Crippen LogP contribution >= 0.6 is 0 Å². The van der Waals surface area contributed by atoms with Gasteiger partial charge < -0.3 is 14.3 Å². The van der Waals surface area contributed by atoms with Gasteiger partial charge in [0, 0.05) is 19.5 Å². The Bertz CT molecular complexity index is 892. The van der Waals surface area contributed by atoms with E-state index in [4.69, 9.17) is 9.40 Å². The number of hydrogen-bond donors (Lipinski definition) is 1. The SMILES string of the molecule is O=C(NCCCc1nc2ccccc2n1CCC1CCCCC1)c1ccco1. The molecule has 1 fully saturated rings. The van der Waals surface area contributed by atoms with Gasteiger partial charge in [-0.2, -0.15) is 0 Å². The highest BCUT2D eigenvalue weighted by Gasteiger charge is 2.16. The molecule has 0 saturated heterocycles. The first kappa shape index (κ1) is 18.8. The molecular weight excluding hydrogens is 350 g/mol. The fourth-order valence-corrected chi connectivity index (χ4v) is 4.30. The molecule has 1 aliphatic rings. The molecule has 3 aromatic rings. The molecule has 0 atom stereocenters. The van der Waals surface area contributed by atoms with E-state index in [0.717, 1.165) is 36.6 Å². The van der Waals surface area contributed by atoms with Crippen molar-refractivity contribution in [1.82, 2.24) is 14.9 Å². The van der Waals surface area contributed by atoms with Gasteiger partial charge in [-0.05, 0) is 43.0 Å². The molecule has 1 aromatic carbocycles. The first-order chi connectivity index (χ1) is 13.8. The number of para-hydroxylation sites is 2. The molecule has 1 saturated carbocycles. The maximum atomic E-state index is 12.0. The van der Waals surface area contributed by atoms with Crippen LogP contribution in [0.15, 0.2) is 47.1 Å². The molecule has 0 spiro atoms. The van der Waals surface area contributed by atoms with Crippen LogP contribution in [0.1, 0.15) is 61.3 Å². The van der Waals surface area contributed by atoms with Crippen LogP contribution in [0.2, 0.25) is 0 Å². The molecule has 0 aliphatic heterocycles. The third-order valence-electron chi connectivity index (χ3n) is 5.83. The summed E-state index contributed by atoms with van der Waals surface area (Å²) < 4.78 is 7.53. The molecule has 4 rings (SSSR count). The van der Waals surface area contributed by atoms with Gasteiger partial charge in [0.15, 0.2) is 5.76 Å². The second-order valence-corrected chi connectivity index (χ2v) is 7.80. The van der Waals surface area contributed by atoms with Gasteiger partial charge in [-0.3, -0.25) is 4.79 Å². The normalized spacial score (nSPS) is 15.1. The van der Waals surface area contributed by atoms with Crippen LogP contribution in [-0.4, -0.2) is 22.0 Å². The van der Waals surface area contributed by atoms with E-state index in [1.165, 1.54) is 50.3 Å². The summed E-state index contributed by atoms with van der Waals surface area (Å²) in [7, 11) is 0. The van der Waals surface area contributed by atoms with Crippen LogP contribution in [0.5, 0.6) is 0 Å². The highest BCUT2D eigenvalue weighted by Crippen LogP contribution is 2.28. The van der Waals surface area contributed by atoms with Crippen molar-refractivity contribution in [2.24, 2.45) is 5.92 Å². The first-order valence-corrected chi connectivity index (χ1v) is 10.6. The molecule has 2 aromatic heterocycles. The largest absolute Gasteiger partial charge is 0.459 e. The van der Waals surface area contributed by atoms with Gasteiger partial charge >= 0.3 is 0 Å². The van der Waals surface area contributed by atoms with E-state index in [1.54, 1.807) is 12.1 Å². The summed E-state index contributed by atoms with van der Waals surface area (Å²) >= 11 is 0. The quantitative estimate of drug-likeness (QED) is 0.563. The lowest BCUT2D eigenvalue weighted by Gasteiger charge is -2.22. The number of carbonyl (C=O) groups excluding carboxylic acids is 1. The Labute approximate surface area is 166 Å². The van der Waals surface area contributed by atoms with Gasteiger partial charge in [-0.25, -0.2) is 4.98 Å². The van der Waals surface area contributed by atoms with Crippen molar-refractivity contribution in [3.63, 3.8) is 0 Å². The summed E-state index contributed by atoms with van der Waals surface area (Å²) in [5, 5.41) is 2.92. The molecule has 28 heavy (non-hydrogen) atoms. The van der Waals surface area contributed by atoms with Gasteiger partial charge in [0.05, 0.1) is 17.3 Å². The van der Waals surface area contributed by atoms with E-state index in [-0.39, 0.29) is 5.91 Å². The Morgan fingerprint density at radius 3 is 2.82 bits per heavy atom. The zero-order valence-electron chi connectivity index (χ0n) is 16.4. The van der Waals surface area contributed by atoms with Crippen molar-refractivity contribution < 1.29 is 9.21 Å². The van der Waals surface area contributed by atoms with Crippen molar-refractivity contribution in [2.75, 3.05) is 6.54 Å². The number of aromatic nitrogens is 2. The highest BCUT2D eigenvalue weighted by atomic mass is 16.3. The van der Waals surface area contributed by atoms with Crippen molar-refractivity contribution in [1.29, 1.82) is 0 Å². The number of carbonyl (C=O) groups is 1. The number of nitrogens with zero attached hydrogens (tertiary/aromatic N) is 2. The monoisotopic (exact) mass is 379 g/mol. The summed E-state index contributed by atoms with van der Waals surface area (Å²) in [6, 6.07) is 11.8. The number of hydrogen-bond acceptors (Lipinski definition) is 3. The summed E-state index contributed by atoms with van der Waals surface area (Å²) in [4.78, 5) is 16.9. The Kier molecular flexibility index (Phi) is 6.10. The molecule has 5 heteroatoms. The number of amides is 1. The van der Waals surface area contributed by atoms with Crippen LogP contribution in [0.25, 0.3) is 11.0 Å². The second-order valence-electron chi connectivity index (χ2n) is 7.80. The average Bonchev–Trinajstić information content (AvgIpc) is 3.38. The van der Waals surface area contributed by atoms with Gasteiger partial charge in [0.1, 0.15) is 5.82 Å². The predicted molar refractivity (Wildman–Crippen MR) is 110 cm³/mol. The number of imidazole rings is 1. The predicted octanol–water partition coefficient (Wildman–Crippen LogP) is 4.96. The maximum Gasteiger partial charge on any atom is 0.286 e. The Balaban J connectivity index is 1.37. The Morgan fingerprint density at radius 1 is 1.14 bits per heavy atom. The Hall–Kier alpha value is -2.56. The van der Waals surface area contributed by atoms with Gasteiger partial charge in [-0.1, -0.05) is 44.2 Å². The standard InChI is InChI=1S/C23H29N3O2/c27-23(21-12-7-17-28-21)24-15-6-13-22-25-19-10-4-5-11-20(19)26(22)16-14-18-8-2-1-3-9-18/h4-5,7,10-12,17-18H,1-3,6,8-9,13-16H2,(H,24,27). The van der Waals surface area contributed by atoms with Gasteiger partial charge in [0.2, 0.25) is 0 Å². The average molecular weight is 380 g/mol. The van der Waals surface area contributed by atoms with Crippen LogP contribution < -0.4 is 5.32 Å². The number of fused-ring (bicyclic) bond motifs is 1. The molecule has 0 radical (unpaired) electrons. The smallest absolute Gasteiger partial charge is 0.286 e. The minimum absolute atomic E-state index is 0.157. The molecule has 2 heterocycles. The summed E-state index contributed by atoms with van der Waals surface area (Å²) in [5.41, 5.74) is 2.30. The fraction of sp³-hybridized carbons (Fsp3) is 0.478. The minimum Gasteiger partial charge on any atom is -0.459 e. The van der Waals surface area contributed by atoms with E-state index >= 15 is 0 Å². The van der Waals surface area contributed by atoms with Crippen molar-refractivity contribution in [2.45, 2.75) is 57.9 Å². The van der Waals surface area contributed by atoms with Crippen molar-refractivity contribution in [3.05, 3.63) is 54.2 Å². The lowest BCUT2D eigenvalue weighted by atomic mass is 9.87. The van der Waals surface area contributed by atoms with Crippen LogP contribution in [0.4, 0.5) is 0 Å². The third kappa shape index (κ3) is 4.46. The number of nitrogens with one attached hydrogen (secondary N) is 1. The van der Waals surface area contributed by atoms with E-state index in [9.17, 15) is 4.79 Å². The molecule has 0 unspecified atom stereocenters.